The topological polar surface area (TPSA) is 46.5 Å². The summed E-state index contributed by atoms with van der Waals surface area (Å²) in [5.41, 5.74) is 0.914. The summed E-state index contributed by atoms with van der Waals surface area (Å²) in [7, 11) is 0. The van der Waals surface area contributed by atoms with Crippen LogP contribution in [0.25, 0.3) is 0 Å². The largest absolute Gasteiger partial charge is 0.490 e. The van der Waals surface area contributed by atoms with Gasteiger partial charge in [0.25, 0.3) is 0 Å². The van der Waals surface area contributed by atoms with Crippen molar-refractivity contribution in [1.82, 2.24) is 0 Å². The third-order valence-corrected chi connectivity index (χ3v) is 2.35. The molecule has 0 aliphatic carbocycles. The number of hydrogen-bond donors (Lipinski definition) is 1. The van der Waals surface area contributed by atoms with Gasteiger partial charge in [0, 0.05) is 5.02 Å². The molecule has 0 saturated heterocycles. The lowest BCUT2D eigenvalue weighted by atomic mass is 10.2. The van der Waals surface area contributed by atoms with Crippen molar-refractivity contribution in [2.75, 3.05) is 0 Å². The van der Waals surface area contributed by atoms with Crippen LogP contribution < -0.4 is 4.74 Å². The second-order valence-corrected chi connectivity index (χ2v) is 3.84. The molecule has 1 rings (SSSR count). The Bertz CT molecular complexity index is 363. The van der Waals surface area contributed by atoms with E-state index in [0.29, 0.717) is 10.8 Å². The van der Waals surface area contributed by atoms with Gasteiger partial charge < -0.3 is 9.84 Å². The molecule has 0 aromatic heterocycles. The Kier molecular flexibility index (Phi) is 3.97. The van der Waals surface area contributed by atoms with Crippen LogP contribution in [0.5, 0.6) is 5.75 Å². The standard InChI is InChI=1S/C11H13ClO3/c1-7-5-9(3-4-10(7)12)15-8(2)6-11(13)14/h3-5,8H,6H2,1-2H3,(H,13,14)/t8-/m1/s1. The molecule has 82 valence electrons. The maximum absolute atomic E-state index is 10.4. The van der Waals surface area contributed by atoms with E-state index in [1.54, 1.807) is 25.1 Å². The highest BCUT2D eigenvalue weighted by Crippen LogP contribution is 2.22. The smallest absolute Gasteiger partial charge is 0.307 e. The molecule has 0 aliphatic rings. The van der Waals surface area contributed by atoms with Crippen molar-refractivity contribution in [2.45, 2.75) is 26.4 Å². The van der Waals surface area contributed by atoms with Gasteiger partial charge in [0.1, 0.15) is 11.9 Å². The minimum atomic E-state index is -0.867. The lowest BCUT2D eigenvalue weighted by molar-refractivity contribution is -0.138. The van der Waals surface area contributed by atoms with Crippen LogP contribution in [0.3, 0.4) is 0 Å². The average Bonchev–Trinajstić information content (AvgIpc) is 2.10. The number of halogens is 1. The molecule has 0 radical (unpaired) electrons. The first-order valence-corrected chi connectivity index (χ1v) is 5.01. The molecule has 1 N–H and O–H groups in total. The SMILES string of the molecule is Cc1cc(O[C@H](C)CC(=O)O)ccc1Cl. The van der Waals surface area contributed by atoms with Gasteiger partial charge in [-0.1, -0.05) is 11.6 Å². The Balaban J connectivity index is 2.64. The number of hydrogen-bond acceptors (Lipinski definition) is 2. The van der Waals surface area contributed by atoms with Crippen molar-refractivity contribution in [3.8, 4) is 5.75 Å². The zero-order chi connectivity index (χ0) is 11.4. The first-order chi connectivity index (χ1) is 6.99. The fourth-order valence-electron chi connectivity index (χ4n) is 1.21. The normalized spacial score (nSPS) is 12.2. The summed E-state index contributed by atoms with van der Waals surface area (Å²) in [6.45, 7) is 3.59. The number of carboxylic acids is 1. The Hall–Kier alpha value is -1.22. The predicted octanol–water partition coefficient (Wildman–Crippen LogP) is 2.89. The highest BCUT2D eigenvalue weighted by atomic mass is 35.5. The summed E-state index contributed by atoms with van der Waals surface area (Å²) in [6, 6.07) is 5.26. The molecule has 0 unspecified atom stereocenters. The summed E-state index contributed by atoms with van der Waals surface area (Å²) in [4.78, 5) is 10.4. The first-order valence-electron chi connectivity index (χ1n) is 4.63. The van der Waals surface area contributed by atoms with E-state index in [1.807, 2.05) is 6.92 Å². The van der Waals surface area contributed by atoms with Crippen LogP contribution in [-0.2, 0) is 4.79 Å². The molecular formula is C11H13ClO3. The lowest BCUT2D eigenvalue weighted by Gasteiger charge is -2.13. The van der Waals surface area contributed by atoms with Crippen molar-refractivity contribution in [3.05, 3.63) is 28.8 Å². The Labute approximate surface area is 93.6 Å². The first kappa shape index (κ1) is 11.9. The maximum Gasteiger partial charge on any atom is 0.307 e. The molecule has 3 nitrogen and oxygen atoms in total. The molecule has 0 fully saturated rings. The van der Waals surface area contributed by atoms with E-state index >= 15 is 0 Å². The highest BCUT2D eigenvalue weighted by molar-refractivity contribution is 6.31. The predicted molar refractivity (Wildman–Crippen MR) is 58.5 cm³/mol. The Morgan fingerprint density at radius 1 is 1.60 bits per heavy atom. The molecule has 0 spiro atoms. The van der Waals surface area contributed by atoms with Crippen molar-refractivity contribution >= 4 is 17.6 Å². The molecule has 1 atom stereocenters. The van der Waals surface area contributed by atoms with Gasteiger partial charge in [0.05, 0.1) is 6.42 Å². The van der Waals surface area contributed by atoms with E-state index in [-0.39, 0.29) is 12.5 Å². The van der Waals surface area contributed by atoms with Gasteiger partial charge >= 0.3 is 5.97 Å². The number of ether oxygens (including phenoxy) is 1. The zero-order valence-electron chi connectivity index (χ0n) is 8.66. The van der Waals surface area contributed by atoms with E-state index in [9.17, 15) is 4.79 Å². The lowest BCUT2D eigenvalue weighted by Crippen LogP contribution is -2.16. The molecule has 4 heteroatoms. The minimum absolute atomic E-state index is 0.0122. The van der Waals surface area contributed by atoms with Crippen LogP contribution in [0.1, 0.15) is 18.9 Å². The summed E-state index contributed by atoms with van der Waals surface area (Å²) in [5, 5.41) is 9.23. The Morgan fingerprint density at radius 3 is 2.80 bits per heavy atom. The summed E-state index contributed by atoms with van der Waals surface area (Å²) in [5.74, 6) is -0.223. The second kappa shape index (κ2) is 5.03. The van der Waals surface area contributed by atoms with Crippen molar-refractivity contribution in [2.24, 2.45) is 0 Å². The van der Waals surface area contributed by atoms with E-state index in [4.69, 9.17) is 21.4 Å². The van der Waals surface area contributed by atoms with E-state index < -0.39 is 5.97 Å². The van der Waals surface area contributed by atoms with E-state index in [2.05, 4.69) is 0 Å². The summed E-state index contributed by atoms with van der Waals surface area (Å²) in [6.07, 6.45) is -0.357. The average molecular weight is 229 g/mol. The maximum atomic E-state index is 10.4. The quantitative estimate of drug-likeness (QED) is 0.862. The van der Waals surface area contributed by atoms with Crippen molar-refractivity contribution < 1.29 is 14.6 Å². The number of aryl methyl sites for hydroxylation is 1. The number of rotatable bonds is 4. The van der Waals surface area contributed by atoms with Crippen molar-refractivity contribution in [1.29, 1.82) is 0 Å². The van der Waals surface area contributed by atoms with E-state index in [1.165, 1.54) is 0 Å². The molecular weight excluding hydrogens is 216 g/mol. The summed E-state index contributed by atoms with van der Waals surface area (Å²) < 4.78 is 5.42. The molecule has 1 aromatic rings. The van der Waals surface area contributed by atoms with Crippen LogP contribution in [0, 0.1) is 6.92 Å². The number of carboxylic acid groups (broad SMARTS) is 1. The van der Waals surface area contributed by atoms with Crippen LogP contribution in [0.2, 0.25) is 5.02 Å². The van der Waals surface area contributed by atoms with Gasteiger partial charge in [-0.05, 0) is 37.6 Å². The van der Waals surface area contributed by atoms with Gasteiger partial charge in [-0.25, -0.2) is 0 Å². The number of aliphatic carboxylic acids is 1. The molecule has 0 heterocycles. The third kappa shape index (κ3) is 3.80. The Morgan fingerprint density at radius 2 is 2.27 bits per heavy atom. The van der Waals surface area contributed by atoms with Gasteiger partial charge in [0.2, 0.25) is 0 Å². The molecule has 0 aliphatic heterocycles. The van der Waals surface area contributed by atoms with Gasteiger partial charge in [-0.3, -0.25) is 4.79 Å². The van der Waals surface area contributed by atoms with E-state index in [0.717, 1.165) is 5.56 Å². The fourth-order valence-corrected chi connectivity index (χ4v) is 1.33. The monoisotopic (exact) mass is 228 g/mol. The van der Waals surface area contributed by atoms with Crippen molar-refractivity contribution in [3.63, 3.8) is 0 Å². The molecule has 0 saturated carbocycles. The van der Waals surface area contributed by atoms with Crippen LogP contribution >= 0.6 is 11.6 Å². The molecule has 1 aromatic carbocycles. The molecule has 0 amide bonds. The third-order valence-electron chi connectivity index (χ3n) is 1.93. The van der Waals surface area contributed by atoms with Crippen LogP contribution in [-0.4, -0.2) is 17.2 Å². The fraction of sp³-hybridized carbons (Fsp3) is 0.364. The van der Waals surface area contributed by atoms with Gasteiger partial charge in [-0.2, -0.15) is 0 Å². The second-order valence-electron chi connectivity index (χ2n) is 3.44. The number of benzene rings is 1. The van der Waals surface area contributed by atoms with Crippen LogP contribution in [0.15, 0.2) is 18.2 Å². The van der Waals surface area contributed by atoms with Gasteiger partial charge in [-0.15, -0.1) is 0 Å². The zero-order valence-corrected chi connectivity index (χ0v) is 9.41. The highest BCUT2D eigenvalue weighted by Gasteiger charge is 2.09. The van der Waals surface area contributed by atoms with Gasteiger partial charge in [0.15, 0.2) is 0 Å². The molecule has 15 heavy (non-hydrogen) atoms. The number of carbonyl (C=O) groups is 1. The molecule has 0 bridgehead atoms. The summed E-state index contributed by atoms with van der Waals surface area (Å²) >= 11 is 5.85. The minimum Gasteiger partial charge on any atom is -0.490 e. The van der Waals surface area contributed by atoms with Crippen LogP contribution in [0.4, 0.5) is 0 Å².